The van der Waals surface area contributed by atoms with Gasteiger partial charge in [0.2, 0.25) is 5.91 Å². The van der Waals surface area contributed by atoms with Crippen LogP contribution in [0.2, 0.25) is 0 Å². The summed E-state index contributed by atoms with van der Waals surface area (Å²) in [5.41, 5.74) is 0. The molecule has 0 spiro atoms. The summed E-state index contributed by atoms with van der Waals surface area (Å²) in [6.07, 6.45) is 4.64. The topological polar surface area (TPSA) is 60.9 Å². The van der Waals surface area contributed by atoms with Gasteiger partial charge in [-0.2, -0.15) is 0 Å². The van der Waals surface area contributed by atoms with Gasteiger partial charge in [-0.1, -0.05) is 12.8 Å². The third-order valence-corrected chi connectivity index (χ3v) is 3.62. The Labute approximate surface area is 101 Å². The number of amides is 1. The van der Waals surface area contributed by atoms with Crippen molar-refractivity contribution in [2.45, 2.75) is 25.7 Å². The maximum atomic E-state index is 12.0. The number of likely N-dealkylation sites (tertiary alicyclic amines) is 2. The Hall–Kier alpha value is -1.10. The van der Waals surface area contributed by atoms with E-state index in [1.807, 2.05) is 9.80 Å². The molecule has 0 aromatic rings. The number of nitrogens with zero attached hydrogens (tertiary/aromatic N) is 2. The molecule has 1 amide bonds. The van der Waals surface area contributed by atoms with Gasteiger partial charge in [-0.25, -0.2) is 0 Å². The largest absolute Gasteiger partial charge is 0.481 e. The van der Waals surface area contributed by atoms with Crippen LogP contribution >= 0.6 is 0 Å². The minimum Gasteiger partial charge on any atom is -0.481 e. The van der Waals surface area contributed by atoms with Gasteiger partial charge in [0.25, 0.3) is 0 Å². The van der Waals surface area contributed by atoms with E-state index in [9.17, 15) is 9.59 Å². The van der Waals surface area contributed by atoms with Crippen molar-refractivity contribution in [2.24, 2.45) is 5.92 Å². The average Bonchev–Trinajstić information content (AvgIpc) is 2.50. The first kappa shape index (κ1) is 12.4. The zero-order chi connectivity index (χ0) is 12.3. The lowest BCUT2D eigenvalue weighted by atomic mass is 10.0. The monoisotopic (exact) mass is 240 g/mol. The number of carboxylic acids is 1. The lowest BCUT2D eigenvalue weighted by Crippen LogP contribution is -2.54. The SMILES string of the molecule is O=C(O)C1CN(CC(=O)N2CCCCCC2)C1. The van der Waals surface area contributed by atoms with E-state index >= 15 is 0 Å². The van der Waals surface area contributed by atoms with E-state index < -0.39 is 5.97 Å². The highest BCUT2D eigenvalue weighted by Crippen LogP contribution is 2.16. The van der Waals surface area contributed by atoms with Crippen LogP contribution in [0.3, 0.4) is 0 Å². The van der Waals surface area contributed by atoms with E-state index in [4.69, 9.17) is 5.11 Å². The molecular weight excluding hydrogens is 220 g/mol. The Morgan fingerprint density at radius 3 is 2.18 bits per heavy atom. The molecule has 2 aliphatic heterocycles. The van der Waals surface area contributed by atoms with Crippen LogP contribution in [0.15, 0.2) is 0 Å². The van der Waals surface area contributed by atoms with Crippen LogP contribution in [0.1, 0.15) is 25.7 Å². The number of hydrogen-bond acceptors (Lipinski definition) is 3. The standard InChI is InChI=1S/C12H20N2O3/c15-11(14-5-3-1-2-4-6-14)9-13-7-10(8-13)12(16)17/h10H,1-9H2,(H,16,17). The number of carbonyl (C=O) groups is 2. The Kier molecular flexibility index (Phi) is 3.99. The number of carboxylic acid groups (broad SMARTS) is 1. The van der Waals surface area contributed by atoms with E-state index in [-0.39, 0.29) is 11.8 Å². The van der Waals surface area contributed by atoms with E-state index in [1.165, 1.54) is 12.8 Å². The van der Waals surface area contributed by atoms with Gasteiger partial charge in [0.1, 0.15) is 0 Å². The first-order chi connectivity index (χ1) is 8.16. The zero-order valence-corrected chi connectivity index (χ0v) is 10.1. The average molecular weight is 240 g/mol. The van der Waals surface area contributed by atoms with Crippen molar-refractivity contribution >= 4 is 11.9 Å². The zero-order valence-electron chi connectivity index (χ0n) is 10.1. The Balaban J connectivity index is 1.72. The smallest absolute Gasteiger partial charge is 0.309 e. The van der Waals surface area contributed by atoms with Gasteiger partial charge in [-0.15, -0.1) is 0 Å². The quantitative estimate of drug-likeness (QED) is 0.776. The molecule has 2 aliphatic rings. The molecule has 5 nitrogen and oxygen atoms in total. The fourth-order valence-electron chi connectivity index (χ4n) is 2.47. The minimum atomic E-state index is -0.747. The first-order valence-corrected chi connectivity index (χ1v) is 6.40. The van der Waals surface area contributed by atoms with Crippen LogP contribution in [-0.2, 0) is 9.59 Å². The molecule has 2 heterocycles. The van der Waals surface area contributed by atoms with Gasteiger partial charge >= 0.3 is 5.97 Å². The number of rotatable bonds is 3. The van der Waals surface area contributed by atoms with Crippen LogP contribution in [0.5, 0.6) is 0 Å². The molecule has 2 saturated heterocycles. The van der Waals surface area contributed by atoms with Crippen LogP contribution in [-0.4, -0.2) is 59.5 Å². The molecule has 2 fully saturated rings. The fourth-order valence-corrected chi connectivity index (χ4v) is 2.47. The molecule has 0 aliphatic carbocycles. The van der Waals surface area contributed by atoms with Crippen molar-refractivity contribution in [3.05, 3.63) is 0 Å². The molecule has 1 N–H and O–H groups in total. The van der Waals surface area contributed by atoms with E-state index in [1.54, 1.807) is 0 Å². The second-order valence-corrected chi connectivity index (χ2v) is 5.02. The van der Waals surface area contributed by atoms with Crippen LogP contribution in [0, 0.1) is 5.92 Å². The van der Waals surface area contributed by atoms with Crippen molar-refractivity contribution in [1.82, 2.24) is 9.80 Å². The fraction of sp³-hybridized carbons (Fsp3) is 0.833. The lowest BCUT2D eigenvalue weighted by Gasteiger charge is -2.37. The molecule has 2 rings (SSSR count). The molecule has 17 heavy (non-hydrogen) atoms. The molecule has 0 radical (unpaired) electrons. The van der Waals surface area contributed by atoms with Gasteiger partial charge in [0, 0.05) is 26.2 Å². The van der Waals surface area contributed by atoms with Crippen molar-refractivity contribution in [3.8, 4) is 0 Å². The molecule has 0 unspecified atom stereocenters. The highest BCUT2D eigenvalue weighted by atomic mass is 16.4. The molecule has 0 aromatic carbocycles. The minimum absolute atomic E-state index is 0.163. The summed E-state index contributed by atoms with van der Waals surface area (Å²) in [7, 11) is 0. The van der Waals surface area contributed by atoms with Gasteiger partial charge in [0.15, 0.2) is 0 Å². The normalized spacial score (nSPS) is 22.9. The summed E-state index contributed by atoms with van der Waals surface area (Å²) in [5.74, 6) is -0.855. The van der Waals surface area contributed by atoms with E-state index in [2.05, 4.69) is 0 Å². The third kappa shape index (κ3) is 3.19. The third-order valence-electron chi connectivity index (χ3n) is 3.62. The maximum Gasteiger partial charge on any atom is 0.309 e. The first-order valence-electron chi connectivity index (χ1n) is 6.40. The van der Waals surface area contributed by atoms with Crippen LogP contribution in [0.4, 0.5) is 0 Å². The second-order valence-electron chi connectivity index (χ2n) is 5.02. The summed E-state index contributed by atoms with van der Waals surface area (Å²) in [6, 6.07) is 0. The molecule has 5 heteroatoms. The van der Waals surface area contributed by atoms with Crippen molar-refractivity contribution in [1.29, 1.82) is 0 Å². The van der Waals surface area contributed by atoms with Gasteiger partial charge in [-0.3, -0.25) is 14.5 Å². The molecule has 0 aromatic heterocycles. The molecule has 0 bridgehead atoms. The second kappa shape index (κ2) is 5.49. The van der Waals surface area contributed by atoms with E-state index in [0.717, 1.165) is 25.9 Å². The van der Waals surface area contributed by atoms with Gasteiger partial charge < -0.3 is 10.0 Å². The molecule has 0 atom stereocenters. The van der Waals surface area contributed by atoms with Crippen LogP contribution < -0.4 is 0 Å². The molecular formula is C12H20N2O3. The maximum absolute atomic E-state index is 12.0. The van der Waals surface area contributed by atoms with Gasteiger partial charge in [0.05, 0.1) is 12.5 Å². The number of aliphatic carboxylic acids is 1. The van der Waals surface area contributed by atoms with E-state index in [0.29, 0.717) is 19.6 Å². The Morgan fingerprint density at radius 2 is 1.65 bits per heavy atom. The lowest BCUT2D eigenvalue weighted by molar-refractivity contribution is -0.150. The number of carbonyl (C=O) groups excluding carboxylic acids is 1. The predicted octanol–water partition coefficient (Wildman–Crippen LogP) is 0.405. The summed E-state index contributed by atoms with van der Waals surface area (Å²) >= 11 is 0. The highest BCUT2D eigenvalue weighted by Gasteiger charge is 2.34. The Morgan fingerprint density at radius 1 is 1.06 bits per heavy atom. The van der Waals surface area contributed by atoms with Crippen molar-refractivity contribution < 1.29 is 14.7 Å². The summed E-state index contributed by atoms with van der Waals surface area (Å²) in [6.45, 7) is 3.18. The number of hydrogen-bond donors (Lipinski definition) is 1. The highest BCUT2D eigenvalue weighted by molar-refractivity contribution is 5.79. The Bertz CT molecular complexity index is 292. The summed E-state index contributed by atoms with van der Waals surface area (Å²) < 4.78 is 0. The molecule has 0 saturated carbocycles. The predicted molar refractivity (Wildman–Crippen MR) is 62.6 cm³/mol. The molecule has 96 valence electrons. The summed E-state index contributed by atoms with van der Waals surface area (Å²) in [4.78, 5) is 26.5. The van der Waals surface area contributed by atoms with Crippen molar-refractivity contribution in [3.63, 3.8) is 0 Å². The van der Waals surface area contributed by atoms with Crippen LogP contribution in [0.25, 0.3) is 0 Å². The summed E-state index contributed by atoms with van der Waals surface area (Å²) in [5, 5.41) is 8.75. The van der Waals surface area contributed by atoms with Gasteiger partial charge in [-0.05, 0) is 12.8 Å². The van der Waals surface area contributed by atoms with Crippen molar-refractivity contribution in [2.75, 3.05) is 32.7 Å².